The van der Waals surface area contributed by atoms with E-state index in [2.05, 4.69) is 31.4 Å². The molecule has 0 bridgehead atoms. The van der Waals surface area contributed by atoms with Crippen molar-refractivity contribution >= 4 is 11.6 Å². The Kier molecular flexibility index (Phi) is 4.45. The van der Waals surface area contributed by atoms with Crippen molar-refractivity contribution in [3.05, 3.63) is 46.2 Å². The SMILES string of the molecule is COc1cc(CNn2c(C)ccc2C)cc(Cl)c1OC. The second-order valence-corrected chi connectivity index (χ2v) is 5.01. The van der Waals surface area contributed by atoms with Crippen LogP contribution >= 0.6 is 11.6 Å². The van der Waals surface area contributed by atoms with Crippen molar-refractivity contribution in [3.8, 4) is 11.5 Å². The molecule has 1 aromatic carbocycles. The van der Waals surface area contributed by atoms with Crippen LogP contribution in [0.4, 0.5) is 0 Å². The fourth-order valence-corrected chi connectivity index (χ4v) is 2.47. The molecule has 1 aromatic heterocycles. The van der Waals surface area contributed by atoms with Gasteiger partial charge in [0, 0.05) is 11.4 Å². The third-order valence-electron chi connectivity index (χ3n) is 3.21. The number of methoxy groups -OCH3 is 2. The van der Waals surface area contributed by atoms with Gasteiger partial charge >= 0.3 is 0 Å². The summed E-state index contributed by atoms with van der Waals surface area (Å²) in [5.74, 6) is 1.20. The van der Waals surface area contributed by atoms with Gasteiger partial charge in [-0.15, -0.1) is 0 Å². The van der Waals surface area contributed by atoms with Crippen molar-refractivity contribution in [2.45, 2.75) is 20.4 Å². The summed E-state index contributed by atoms with van der Waals surface area (Å²) in [6.07, 6.45) is 0. The molecule has 0 saturated heterocycles. The molecular formula is C15H19ClN2O2. The van der Waals surface area contributed by atoms with Crippen molar-refractivity contribution in [1.29, 1.82) is 0 Å². The van der Waals surface area contributed by atoms with Crippen molar-refractivity contribution in [2.75, 3.05) is 19.6 Å². The van der Waals surface area contributed by atoms with Crippen molar-refractivity contribution < 1.29 is 9.47 Å². The molecule has 1 N–H and O–H groups in total. The van der Waals surface area contributed by atoms with Gasteiger partial charge in [0.1, 0.15) is 0 Å². The van der Waals surface area contributed by atoms with E-state index in [0.717, 1.165) is 17.0 Å². The number of nitrogens with one attached hydrogen (secondary N) is 1. The highest BCUT2D eigenvalue weighted by molar-refractivity contribution is 6.32. The monoisotopic (exact) mass is 294 g/mol. The second-order valence-electron chi connectivity index (χ2n) is 4.60. The average molecular weight is 295 g/mol. The molecule has 0 aliphatic rings. The van der Waals surface area contributed by atoms with E-state index in [1.807, 2.05) is 16.8 Å². The van der Waals surface area contributed by atoms with Crippen LogP contribution in [0.3, 0.4) is 0 Å². The Labute approximate surface area is 124 Å². The minimum absolute atomic E-state index is 0.546. The van der Waals surface area contributed by atoms with E-state index in [1.165, 1.54) is 0 Å². The lowest BCUT2D eigenvalue weighted by Gasteiger charge is -2.15. The van der Waals surface area contributed by atoms with Crippen LogP contribution in [-0.2, 0) is 6.54 Å². The molecule has 0 saturated carbocycles. The van der Waals surface area contributed by atoms with Gasteiger partial charge in [0.05, 0.1) is 25.8 Å². The molecule has 1 heterocycles. The van der Waals surface area contributed by atoms with E-state index < -0.39 is 0 Å². The van der Waals surface area contributed by atoms with Crippen LogP contribution in [0, 0.1) is 13.8 Å². The first kappa shape index (κ1) is 14.6. The first-order valence-electron chi connectivity index (χ1n) is 6.36. The molecule has 2 rings (SSSR count). The maximum absolute atomic E-state index is 6.20. The van der Waals surface area contributed by atoms with Crippen LogP contribution in [0.25, 0.3) is 0 Å². The third kappa shape index (κ3) is 2.85. The molecule has 0 fully saturated rings. The molecule has 0 aliphatic carbocycles. The van der Waals surface area contributed by atoms with E-state index >= 15 is 0 Å². The molecule has 0 aliphatic heterocycles. The van der Waals surface area contributed by atoms with Crippen LogP contribution in [-0.4, -0.2) is 18.9 Å². The topological polar surface area (TPSA) is 35.4 Å². The molecule has 0 atom stereocenters. The van der Waals surface area contributed by atoms with Crippen LogP contribution in [0.2, 0.25) is 5.02 Å². The summed E-state index contributed by atoms with van der Waals surface area (Å²) < 4.78 is 12.6. The smallest absolute Gasteiger partial charge is 0.179 e. The lowest BCUT2D eigenvalue weighted by Crippen LogP contribution is -2.17. The Morgan fingerprint density at radius 3 is 2.30 bits per heavy atom. The van der Waals surface area contributed by atoms with Crippen molar-refractivity contribution in [2.24, 2.45) is 0 Å². The summed E-state index contributed by atoms with van der Waals surface area (Å²) >= 11 is 6.20. The Morgan fingerprint density at radius 2 is 1.75 bits per heavy atom. The number of ether oxygens (including phenoxy) is 2. The molecule has 0 radical (unpaired) electrons. The highest BCUT2D eigenvalue weighted by atomic mass is 35.5. The highest BCUT2D eigenvalue weighted by Crippen LogP contribution is 2.36. The third-order valence-corrected chi connectivity index (χ3v) is 3.49. The minimum atomic E-state index is 0.546. The molecule has 4 nitrogen and oxygen atoms in total. The summed E-state index contributed by atoms with van der Waals surface area (Å²) in [7, 11) is 3.18. The van der Waals surface area contributed by atoms with Crippen LogP contribution in [0.1, 0.15) is 17.0 Å². The fourth-order valence-electron chi connectivity index (χ4n) is 2.16. The van der Waals surface area contributed by atoms with Crippen molar-refractivity contribution in [1.82, 2.24) is 4.68 Å². The number of halogens is 1. The lowest BCUT2D eigenvalue weighted by atomic mass is 10.2. The van der Waals surface area contributed by atoms with Gasteiger partial charge in [-0.1, -0.05) is 11.6 Å². The molecule has 108 valence electrons. The standard InChI is InChI=1S/C15H19ClN2O2/c1-10-5-6-11(2)18(10)17-9-12-7-13(16)15(20-4)14(8-12)19-3/h5-8,17H,9H2,1-4H3. The van der Waals surface area contributed by atoms with Gasteiger partial charge in [-0.25, -0.2) is 0 Å². The molecule has 0 amide bonds. The summed E-state index contributed by atoms with van der Waals surface area (Å²) in [6.45, 7) is 4.76. The number of benzene rings is 1. The zero-order valence-corrected chi connectivity index (χ0v) is 12.9. The van der Waals surface area contributed by atoms with Gasteiger partial charge < -0.3 is 14.9 Å². The first-order valence-corrected chi connectivity index (χ1v) is 6.74. The van der Waals surface area contributed by atoms with Crippen molar-refractivity contribution in [3.63, 3.8) is 0 Å². The Balaban J connectivity index is 2.20. The molecule has 5 heteroatoms. The van der Waals surface area contributed by atoms with E-state index in [4.69, 9.17) is 21.1 Å². The zero-order valence-electron chi connectivity index (χ0n) is 12.2. The predicted molar refractivity (Wildman–Crippen MR) is 81.5 cm³/mol. The normalized spacial score (nSPS) is 10.4. The Bertz CT molecular complexity index is 589. The summed E-state index contributed by atoms with van der Waals surface area (Å²) in [4.78, 5) is 0. The number of rotatable bonds is 5. The largest absolute Gasteiger partial charge is 0.493 e. The van der Waals surface area contributed by atoms with Gasteiger partial charge in [0.15, 0.2) is 11.5 Å². The number of hydrogen-bond acceptors (Lipinski definition) is 3. The van der Waals surface area contributed by atoms with Gasteiger partial charge in [0.2, 0.25) is 0 Å². The number of aryl methyl sites for hydroxylation is 2. The van der Waals surface area contributed by atoms with Gasteiger partial charge in [-0.3, -0.25) is 4.68 Å². The molecule has 20 heavy (non-hydrogen) atoms. The van der Waals surface area contributed by atoms with Crippen LogP contribution in [0.15, 0.2) is 24.3 Å². The van der Waals surface area contributed by atoms with Crippen LogP contribution < -0.4 is 14.9 Å². The Hall–Kier alpha value is -1.81. The summed E-state index contributed by atoms with van der Waals surface area (Å²) in [5.41, 5.74) is 6.71. The van der Waals surface area contributed by atoms with Gasteiger partial charge in [0.25, 0.3) is 0 Å². The summed E-state index contributed by atoms with van der Waals surface area (Å²) in [6, 6.07) is 7.95. The quantitative estimate of drug-likeness (QED) is 0.916. The van der Waals surface area contributed by atoms with E-state index in [-0.39, 0.29) is 0 Å². The average Bonchev–Trinajstić information content (AvgIpc) is 2.75. The molecular weight excluding hydrogens is 276 g/mol. The second kappa shape index (κ2) is 6.09. The lowest BCUT2D eigenvalue weighted by molar-refractivity contribution is 0.354. The summed E-state index contributed by atoms with van der Waals surface area (Å²) in [5, 5.41) is 0.546. The zero-order chi connectivity index (χ0) is 14.7. The van der Waals surface area contributed by atoms with Crippen LogP contribution in [0.5, 0.6) is 11.5 Å². The number of hydrogen-bond donors (Lipinski definition) is 1. The highest BCUT2D eigenvalue weighted by Gasteiger charge is 2.11. The minimum Gasteiger partial charge on any atom is -0.493 e. The first-order chi connectivity index (χ1) is 9.56. The molecule has 2 aromatic rings. The Morgan fingerprint density at radius 1 is 1.10 bits per heavy atom. The van der Waals surface area contributed by atoms with E-state index in [1.54, 1.807) is 14.2 Å². The number of aromatic nitrogens is 1. The van der Waals surface area contributed by atoms with Gasteiger partial charge in [-0.05, 0) is 43.7 Å². The predicted octanol–water partition coefficient (Wildman–Crippen LogP) is 3.52. The molecule has 0 unspecified atom stereocenters. The van der Waals surface area contributed by atoms with E-state index in [9.17, 15) is 0 Å². The van der Waals surface area contributed by atoms with E-state index in [0.29, 0.717) is 23.1 Å². The maximum atomic E-state index is 6.20. The molecule has 0 spiro atoms. The fraction of sp³-hybridized carbons (Fsp3) is 0.333. The van der Waals surface area contributed by atoms with Gasteiger partial charge in [-0.2, -0.15) is 0 Å². The maximum Gasteiger partial charge on any atom is 0.179 e. The number of nitrogens with zero attached hydrogens (tertiary/aromatic N) is 1.